The van der Waals surface area contributed by atoms with Crippen LogP contribution in [0.1, 0.15) is 26.3 Å². The number of benzene rings is 3. The summed E-state index contributed by atoms with van der Waals surface area (Å²) in [4.78, 5) is 5.00. The predicted octanol–water partition coefficient (Wildman–Crippen LogP) is 7.63. The molecule has 5 nitrogen and oxygen atoms in total. The molecule has 0 saturated carbocycles. The van der Waals surface area contributed by atoms with Gasteiger partial charge in [-0.15, -0.1) is 0 Å². The van der Waals surface area contributed by atoms with E-state index in [-0.39, 0.29) is 5.54 Å². The normalized spacial score (nSPS) is 11.4. The van der Waals surface area contributed by atoms with Crippen molar-refractivity contribution in [2.75, 3.05) is 11.9 Å². The van der Waals surface area contributed by atoms with Crippen LogP contribution in [-0.4, -0.2) is 21.5 Å². The minimum atomic E-state index is -0.167. The molecule has 36 heavy (non-hydrogen) atoms. The third kappa shape index (κ3) is 5.52. The molecule has 0 fully saturated rings. The Morgan fingerprint density at radius 2 is 1.53 bits per heavy atom. The summed E-state index contributed by atoms with van der Waals surface area (Å²) >= 11 is 0. The van der Waals surface area contributed by atoms with Gasteiger partial charge in [0.2, 0.25) is 0 Å². The molecule has 0 aliphatic rings. The molecule has 0 atom stereocenters. The van der Waals surface area contributed by atoms with Crippen LogP contribution >= 0.6 is 0 Å². The first kappa shape index (κ1) is 23.5. The Hall–Kier alpha value is -4.25. The second-order valence-corrected chi connectivity index (χ2v) is 9.78. The van der Waals surface area contributed by atoms with Crippen molar-refractivity contribution in [3.8, 4) is 28.5 Å². The van der Waals surface area contributed by atoms with Crippen molar-refractivity contribution >= 4 is 11.5 Å². The van der Waals surface area contributed by atoms with Gasteiger partial charge in [0.1, 0.15) is 11.5 Å². The highest BCUT2D eigenvalue weighted by atomic mass is 16.5. The molecule has 182 valence electrons. The van der Waals surface area contributed by atoms with Crippen LogP contribution in [0.15, 0.2) is 103 Å². The van der Waals surface area contributed by atoms with E-state index in [1.54, 1.807) is 0 Å². The lowest BCUT2D eigenvalue weighted by atomic mass is 10.1. The van der Waals surface area contributed by atoms with Crippen molar-refractivity contribution in [2.45, 2.75) is 32.7 Å². The predicted molar refractivity (Wildman–Crippen MR) is 146 cm³/mol. The molecule has 1 N–H and O–H groups in total. The van der Waals surface area contributed by atoms with Crippen LogP contribution in [0.4, 0.5) is 5.82 Å². The molecular weight excluding hydrogens is 446 g/mol. The monoisotopic (exact) mass is 477 g/mol. The maximum absolute atomic E-state index is 6.22. The summed E-state index contributed by atoms with van der Waals surface area (Å²) in [6, 6.07) is 32.3. The molecular formula is C31H31N3O2. The number of fused-ring (bicyclic) bond motifs is 1. The molecule has 0 unspecified atom stereocenters. The van der Waals surface area contributed by atoms with E-state index >= 15 is 0 Å². The van der Waals surface area contributed by atoms with Gasteiger partial charge in [-0.25, -0.2) is 4.98 Å². The average Bonchev–Trinajstić information content (AvgIpc) is 3.22. The smallest absolute Gasteiger partial charge is 0.182 e. The van der Waals surface area contributed by atoms with Crippen molar-refractivity contribution in [3.63, 3.8) is 0 Å². The van der Waals surface area contributed by atoms with E-state index in [4.69, 9.17) is 14.5 Å². The van der Waals surface area contributed by atoms with Crippen molar-refractivity contribution in [1.82, 2.24) is 9.38 Å². The van der Waals surface area contributed by atoms with E-state index in [2.05, 4.69) is 60.8 Å². The zero-order valence-corrected chi connectivity index (χ0v) is 20.9. The van der Waals surface area contributed by atoms with Gasteiger partial charge in [0.25, 0.3) is 0 Å². The molecule has 0 aliphatic carbocycles. The Balaban J connectivity index is 1.50. The number of nitrogens with one attached hydrogen (secondary N) is 1. The lowest BCUT2D eigenvalue weighted by Crippen LogP contribution is -2.26. The molecule has 0 spiro atoms. The quantitative estimate of drug-likeness (QED) is 0.250. The van der Waals surface area contributed by atoms with Gasteiger partial charge < -0.3 is 14.8 Å². The molecule has 5 aromatic rings. The maximum atomic E-state index is 6.22. The van der Waals surface area contributed by atoms with Crippen LogP contribution in [0.25, 0.3) is 16.9 Å². The Morgan fingerprint density at radius 1 is 0.806 bits per heavy atom. The third-order valence-electron chi connectivity index (χ3n) is 5.69. The molecule has 5 heteroatoms. The largest absolute Gasteiger partial charge is 0.489 e. The highest BCUT2D eigenvalue weighted by Crippen LogP contribution is 2.36. The van der Waals surface area contributed by atoms with Crippen molar-refractivity contribution in [2.24, 2.45) is 0 Å². The summed E-state index contributed by atoms with van der Waals surface area (Å²) < 4.78 is 14.4. The SMILES string of the molecule is CC(C)(C)Nc1nc2c(OCCc3ccccc3)cccn2c1-c1cccc(Oc2ccccc2)c1. The molecule has 3 aromatic carbocycles. The highest BCUT2D eigenvalue weighted by Gasteiger charge is 2.21. The van der Waals surface area contributed by atoms with Crippen LogP contribution in [0.2, 0.25) is 0 Å². The second-order valence-electron chi connectivity index (χ2n) is 9.78. The van der Waals surface area contributed by atoms with E-state index in [0.717, 1.165) is 46.4 Å². The Bertz CT molecular complexity index is 1440. The van der Waals surface area contributed by atoms with E-state index in [0.29, 0.717) is 6.61 Å². The number of hydrogen-bond donors (Lipinski definition) is 1. The number of imidazole rings is 1. The van der Waals surface area contributed by atoms with Crippen LogP contribution in [0.3, 0.4) is 0 Å². The summed E-state index contributed by atoms with van der Waals surface area (Å²) in [5.74, 6) is 3.13. The number of para-hydroxylation sites is 1. The first-order valence-corrected chi connectivity index (χ1v) is 12.3. The lowest BCUT2D eigenvalue weighted by molar-refractivity contribution is 0.324. The van der Waals surface area contributed by atoms with Crippen molar-refractivity contribution in [3.05, 3.63) is 109 Å². The van der Waals surface area contributed by atoms with E-state index in [9.17, 15) is 0 Å². The molecule has 0 radical (unpaired) electrons. The lowest BCUT2D eigenvalue weighted by Gasteiger charge is -2.21. The fraction of sp³-hybridized carbons (Fsp3) is 0.194. The van der Waals surface area contributed by atoms with Crippen LogP contribution in [0, 0.1) is 0 Å². The van der Waals surface area contributed by atoms with Crippen molar-refractivity contribution in [1.29, 1.82) is 0 Å². The summed E-state index contributed by atoms with van der Waals surface area (Å²) in [6.07, 6.45) is 2.86. The summed E-state index contributed by atoms with van der Waals surface area (Å²) in [5, 5.41) is 3.59. The average molecular weight is 478 g/mol. The number of anilines is 1. The minimum Gasteiger partial charge on any atom is -0.489 e. The molecule has 0 aliphatic heterocycles. The van der Waals surface area contributed by atoms with Gasteiger partial charge in [-0.05, 0) is 62.7 Å². The molecule has 0 saturated heterocycles. The van der Waals surface area contributed by atoms with Gasteiger partial charge in [-0.1, -0.05) is 60.7 Å². The van der Waals surface area contributed by atoms with Gasteiger partial charge in [0.15, 0.2) is 17.2 Å². The molecule has 0 amide bonds. The number of ether oxygens (including phenoxy) is 2. The second kappa shape index (κ2) is 10.2. The number of hydrogen-bond acceptors (Lipinski definition) is 4. The van der Waals surface area contributed by atoms with E-state index < -0.39 is 0 Å². The summed E-state index contributed by atoms with van der Waals surface area (Å²) in [7, 11) is 0. The van der Waals surface area contributed by atoms with Gasteiger partial charge in [0.05, 0.1) is 12.3 Å². The molecule has 2 heterocycles. The van der Waals surface area contributed by atoms with Crippen LogP contribution in [-0.2, 0) is 6.42 Å². The summed E-state index contributed by atoms with van der Waals surface area (Å²) in [6.45, 7) is 6.97. The molecule has 2 aromatic heterocycles. The number of nitrogens with zero attached hydrogens (tertiary/aromatic N) is 2. The van der Waals surface area contributed by atoms with Gasteiger partial charge in [0, 0.05) is 23.7 Å². The number of pyridine rings is 1. The van der Waals surface area contributed by atoms with Gasteiger partial charge >= 0.3 is 0 Å². The third-order valence-corrected chi connectivity index (χ3v) is 5.69. The highest BCUT2D eigenvalue weighted by molar-refractivity contribution is 5.79. The Kier molecular flexibility index (Phi) is 6.63. The Morgan fingerprint density at radius 3 is 2.28 bits per heavy atom. The zero-order chi connectivity index (χ0) is 25.0. The fourth-order valence-corrected chi connectivity index (χ4v) is 4.13. The van der Waals surface area contributed by atoms with E-state index in [1.807, 2.05) is 72.9 Å². The maximum Gasteiger partial charge on any atom is 0.182 e. The number of aromatic nitrogens is 2. The van der Waals surface area contributed by atoms with E-state index in [1.165, 1.54) is 5.56 Å². The zero-order valence-electron chi connectivity index (χ0n) is 20.9. The number of rotatable bonds is 8. The molecule has 5 rings (SSSR count). The first-order valence-electron chi connectivity index (χ1n) is 12.3. The minimum absolute atomic E-state index is 0.167. The van der Waals surface area contributed by atoms with Gasteiger partial charge in [-0.2, -0.15) is 0 Å². The Labute approximate surface area is 212 Å². The van der Waals surface area contributed by atoms with Gasteiger partial charge in [-0.3, -0.25) is 4.40 Å². The fourth-order valence-electron chi connectivity index (χ4n) is 4.13. The summed E-state index contributed by atoms with van der Waals surface area (Å²) in [5.41, 5.74) is 3.83. The standard InChI is InChI=1S/C31H31N3O2/c1-31(2,3)33-29-28(24-14-10-17-26(22-24)36-25-15-8-5-9-16-25)34-20-11-18-27(30(34)32-29)35-21-19-23-12-6-4-7-13-23/h4-18,20,22,33H,19,21H2,1-3H3. The topological polar surface area (TPSA) is 47.8 Å². The van der Waals surface area contributed by atoms with Crippen molar-refractivity contribution < 1.29 is 9.47 Å². The first-order chi connectivity index (χ1) is 17.5. The van der Waals surface area contributed by atoms with Crippen LogP contribution < -0.4 is 14.8 Å². The van der Waals surface area contributed by atoms with Crippen LogP contribution in [0.5, 0.6) is 17.2 Å². The molecule has 0 bridgehead atoms.